The van der Waals surface area contributed by atoms with Crippen LogP contribution in [0.25, 0.3) is 28.5 Å². The number of carbonyl (C=O) groups excluding carboxylic acids is 1. The molecule has 32 heavy (non-hydrogen) atoms. The first-order valence-corrected chi connectivity index (χ1v) is 10.4. The molecule has 0 aliphatic rings. The van der Waals surface area contributed by atoms with Crippen LogP contribution in [0.15, 0.2) is 52.9 Å². The first-order chi connectivity index (χ1) is 15.5. The lowest BCUT2D eigenvalue weighted by molar-refractivity contribution is 0.0953. The van der Waals surface area contributed by atoms with Crippen LogP contribution in [-0.2, 0) is 0 Å². The molecule has 0 spiro atoms. The van der Waals surface area contributed by atoms with Crippen molar-refractivity contribution in [3.63, 3.8) is 0 Å². The third kappa shape index (κ3) is 4.12. The third-order valence-corrected chi connectivity index (χ3v) is 5.12. The van der Waals surface area contributed by atoms with Crippen LogP contribution in [0.2, 0.25) is 0 Å². The van der Waals surface area contributed by atoms with Crippen LogP contribution in [-0.4, -0.2) is 39.5 Å². The van der Waals surface area contributed by atoms with E-state index in [1.54, 1.807) is 26.2 Å². The van der Waals surface area contributed by atoms with Crippen LogP contribution in [0, 0.1) is 13.8 Å². The van der Waals surface area contributed by atoms with E-state index in [0.29, 0.717) is 29.6 Å². The van der Waals surface area contributed by atoms with Crippen molar-refractivity contribution >= 4 is 5.91 Å². The molecule has 0 aliphatic heterocycles. The van der Waals surface area contributed by atoms with E-state index in [-0.39, 0.29) is 5.91 Å². The summed E-state index contributed by atoms with van der Waals surface area (Å²) in [4.78, 5) is 12.3. The molecule has 4 rings (SSSR count). The summed E-state index contributed by atoms with van der Waals surface area (Å²) in [5.41, 5.74) is 4.78. The number of rotatable bonds is 7. The van der Waals surface area contributed by atoms with Crippen LogP contribution in [0.5, 0.6) is 5.75 Å². The Balaban J connectivity index is 1.80. The second-order valence-electron chi connectivity index (χ2n) is 7.39. The van der Waals surface area contributed by atoms with Crippen molar-refractivity contribution in [1.82, 2.24) is 25.3 Å². The molecule has 8 heteroatoms. The maximum Gasteiger partial charge on any atom is 0.268 e. The van der Waals surface area contributed by atoms with Crippen LogP contribution in [0.1, 0.15) is 35.2 Å². The average Bonchev–Trinajstić information content (AvgIpc) is 3.40. The van der Waals surface area contributed by atoms with Crippen LogP contribution >= 0.6 is 0 Å². The Morgan fingerprint density at radius 3 is 2.38 bits per heavy atom. The van der Waals surface area contributed by atoms with Gasteiger partial charge in [0.2, 0.25) is 5.89 Å². The monoisotopic (exact) mass is 431 g/mol. The van der Waals surface area contributed by atoms with Gasteiger partial charge in [0.25, 0.3) is 11.8 Å². The van der Waals surface area contributed by atoms with E-state index in [4.69, 9.17) is 14.3 Å². The summed E-state index contributed by atoms with van der Waals surface area (Å²) >= 11 is 0. The highest BCUT2D eigenvalue weighted by Gasteiger charge is 2.22. The van der Waals surface area contributed by atoms with Gasteiger partial charge in [0.05, 0.1) is 18.5 Å². The fourth-order valence-corrected chi connectivity index (χ4v) is 3.46. The molecule has 0 aliphatic carbocycles. The fourth-order valence-electron chi connectivity index (χ4n) is 3.46. The molecule has 0 unspecified atom stereocenters. The summed E-state index contributed by atoms with van der Waals surface area (Å²) in [6.45, 7) is 6.39. The van der Waals surface area contributed by atoms with Crippen molar-refractivity contribution in [3.8, 4) is 34.3 Å². The Bertz CT molecular complexity index is 1220. The van der Waals surface area contributed by atoms with Gasteiger partial charge in [0, 0.05) is 30.2 Å². The van der Waals surface area contributed by atoms with E-state index in [1.165, 1.54) is 0 Å². The van der Waals surface area contributed by atoms with Gasteiger partial charge in [-0.05, 0) is 61.9 Å². The number of methoxy groups -OCH3 is 1. The van der Waals surface area contributed by atoms with E-state index < -0.39 is 0 Å². The lowest BCUT2D eigenvalue weighted by Crippen LogP contribution is -2.23. The van der Waals surface area contributed by atoms with Crippen LogP contribution in [0.4, 0.5) is 0 Å². The average molecular weight is 431 g/mol. The number of aromatic nitrogens is 4. The number of ether oxygens (including phenoxy) is 1. The van der Waals surface area contributed by atoms with Gasteiger partial charge in [-0.2, -0.15) is 5.10 Å². The van der Waals surface area contributed by atoms with Crippen LogP contribution in [0.3, 0.4) is 0 Å². The number of hydrogen-bond acceptors (Lipinski definition) is 6. The van der Waals surface area contributed by atoms with Gasteiger partial charge in [-0.1, -0.05) is 6.92 Å². The molecule has 0 saturated carbocycles. The van der Waals surface area contributed by atoms with Gasteiger partial charge in [0.1, 0.15) is 5.75 Å². The SMILES string of the molecule is CCCNC(=O)c1ccc(-n2nc(-c3nnc(C)o3)c(C)c2-c2ccc(OC)cc2)cc1. The number of carbonyl (C=O) groups is 1. The zero-order valence-electron chi connectivity index (χ0n) is 18.5. The van der Waals surface area contributed by atoms with E-state index in [9.17, 15) is 4.79 Å². The summed E-state index contributed by atoms with van der Waals surface area (Å²) in [7, 11) is 1.64. The quantitative estimate of drug-likeness (QED) is 0.467. The highest BCUT2D eigenvalue weighted by molar-refractivity contribution is 5.94. The van der Waals surface area contributed by atoms with E-state index in [0.717, 1.165) is 34.7 Å². The minimum absolute atomic E-state index is 0.0903. The second-order valence-corrected chi connectivity index (χ2v) is 7.39. The Kier molecular flexibility index (Phi) is 6.02. The molecule has 0 fully saturated rings. The van der Waals surface area contributed by atoms with Crippen molar-refractivity contribution < 1.29 is 13.9 Å². The Morgan fingerprint density at radius 2 is 1.78 bits per heavy atom. The first kappa shape index (κ1) is 21.3. The summed E-state index contributed by atoms with van der Waals surface area (Å²) in [5, 5.41) is 15.8. The maximum absolute atomic E-state index is 12.3. The molecule has 1 amide bonds. The topological polar surface area (TPSA) is 95.1 Å². The predicted molar refractivity (Wildman–Crippen MR) is 121 cm³/mol. The molecule has 2 aromatic carbocycles. The standard InChI is InChI=1S/C24H25N5O3/c1-5-14-25-23(30)18-6-10-19(11-7-18)29-22(17-8-12-20(31-4)13-9-17)15(2)21(28-29)24-27-26-16(3)32-24/h6-13H,5,14H2,1-4H3,(H,25,30). The summed E-state index contributed by atoms with van der Waals surface area (Å²) in [5.74, 6) is 1.52. The fraction of sp³-hybridized carbons (Fsp3) is 0.250. The molecule has 0 saturated heterocycles. The van der Waals surface area contributed by atoms with Gasteiger partial charge in [0.15, 0.2) is 5.69 Å². The lowest BCUT2D eigenvalue weighted by Gasteiger charge is -2.10. The normalized spacial score (nSPS) is 10.9. The summed E-state index contributed by atoms with van der Waals surface area (Å²) in [6, 6.07) is 15.1. The number of benzene rings is 2. The molecule has 2 heterocycles. The molecular weight excluding hydrogens is 406 g/mol. The Labute approximate surface area is 186 Å². The third-order valence-electron chi connectivity index (χ3n) is 5.12. The van der Waals surface area contributed by atoms with Gasteiger partial charge in [-0.25, -0.2) is 4.68 Å². The highest BCUT2D eigenvalue weighted by atomic mass is 16.5. The van der Waals surface area contributed by atoms with Gasteiger partial charge in [-0.3, -0.25) is 4.79 Å². The second kappa shape index (κ2) is 9.05. The van der Waals surface area contributed by atoms with Gasteiger partial charge < -0.3 is 14.5 Å². The molecule has 0 bridgehead atoms. The van der Waals surface area contributed by atoms with E-state index in [1.807, 2.05) is 54.9 Å². The van der Waals surface area contributed by atoms with E-state index in [2.05, 4.69) is 15.5 Å². The summed E-state index contributed by atoms with van der Waals surface area (Å²) in [6.07, 6.45) is 0.888. The van der Waals surface area contributed by atoms with Crippen molar-refractivity contribution in [2.24, 2.45) is 0 Å². The van der Waals surface area contributed by atoms with Gasteiger partial charge >= 0.3 is 0 Å². The number of nitrogens with one attached hydrogen (secondary N) is 1. The zero-order valence-corrected chi connectivity index (χ0v) is 18.5. The molecule has 8 nitrogen and oxygen atoms in total. The number of nitrogens with zero attached hydrogens (tertiary/aromatic N) is 4. The number of hydrogen-bond donors (Lipinski definition) is 1. The first-order valence-electron chi connectivity index (χ1n) is 10.4. The lowest BCUT2D eigenvalue weighted by atomic mass is 10.1. The predicted octanol–water partition coefficient (Wildman–Crippen LogP) is 4.35. The zero-order chi connectivity index (χ0) is 22.7. The highest BCUT2D eigenvalue weighted by Crippen LogP contribution is 2.34. The maximum atomic E-state index is 12.3. The van der Waals surface area contributed by atoms with Crippen molar-refractivity contribution in [1.29, 1.82) is 0 Å². The smallest absolute Gasteiger partial charge is 0.268 e. The van der Waals surface area contributed by atoms with Gasteiger partial charge in [-0.15, -0.1) is 10.2 Å². The molecule has 0 radical (unpaired) electrons. The molecule has 0 atom stereocenters. The largest absolute Gasteiger partial charge is 0.497 e. The molecule has 1 N–H and O–H groups in total. The minimum Gasteiger partial charge on any atom is -0.497 e. The van der Waals surface area contributed by atoms with Crippen molar-refractivity contribution in [2.45, 2.75) is 27.2 Å². The van der Waals surface area contributed by atoms with Crippen molar-refractivity contribution in [3.05, 3.63) is 65.5 Å². The van der Waals surface area contributed by atoms with Crippen LogP contribution < -0.4 is 10.1 Å². The Hall–Kier alpha value is -3.94. The molecule has 2 aromatic heterocycles. The minimum atomic E-state index is -0.0903. The molecule has 164 valence electrons. The summed E-state index contributed by atoms with van der Waals surface area (Å²) < 4.78 is 12.8. The number of amides is 1. The molecule has 4 aromatic rings. The van der Waals surface area contributed by atoms with E-state index >= 15 is 0 Å². The van der Waals surface area contributed by atoms with Crippen molar-refractivity contribution in [2.75, 3.05) is 13.7 Å². The number of aryl methyl sites for hydroxylation is 1. The Morgan fingerprint density at radius 1 is 1.06 bits per heavy atom. The molecular formula is C24H25N5O3.